The van der Waals surface area contributed by atoms with Crippen molar-refractivity contribution in [1.82, 2.24) is 14.5 Å². The van der Waals surface area contributed by atoms with Crippen molar-refractivity contribution in [3.05, 3.63) is 17.8 Å². The molecule has 2 rings (SSSR count). The van der Waals surface area contributed by atoms with Gasteiger partial charge in [-0.1, -0.05) is 26.2 Å². The first-order chi connectivity index (χ1) is 8.24. The summed E-state index contributed by atoms with van der Waals surface area (Å²) in [5.41, 5.74) is 8.93. The highest BCUT2D eigenvalue weighted by atomic mass is 15.2. The summed E-state index contributed by atoms with van der Waals surface area (Å²) in [7, 11) is 0. The molecular formula is C13H20N4. The Labute approximate surface area is 102 Å². The van der Waals surface area contributed by atoms with E-state index < -0.39 is 0 Å². The van der Waals surface area contributed by atoms with E-state index in [1.807, 2.05) is 23.8 Å². The predicted molar refractivity (Wildman–Crippen MR) is 70.8 cm³/mol. The molecule has 0 atom stereocenters. The number of rotatable bonds is 5. The van der Waals surface area contributed by atoms with Gasteiger partial charge in [-0.2, -0.15) is 0 Å². The Kier molecular flexibility index (Phi) is 3.61. The molecule has 2 heterocycles. The molecule has 0 amide bonds. The van der Waals surface area contributed by atoms with Gasteiger partial charge >= 0.3 is 0 Å². The molecule has 0 saturated carbocycles. The van der Waals surface area contributed by atoms with E-state index in [1.54, 1.807) is 0 Å². The number of aryl methyl sites for hydroxylation is 2. The van der Waals surface area contributed by atoms with Crippen LogP contribution in [0.1, 0.15) is 38.2 Å². The van der Waals surface area contributed by atoms with E-state index in [4.69, 9.17) is 5.73 Å². The molecule has 0 radical (unpaired) electrons. The van der Waals surface area contributed by atoms with Crippen molar-refractivity contribution in [3.8, 4) is 0 Å². The Morgan fingerprint density at radius 1 is 1.29 bits per heavy atom. The fraction of sp³-hybridized carbons (Fsp3) is 0.538. The molecule has 2 N–H and O–H groups in total. The van der Waals surface area contributed by atoms with Crippen LogP contribution in [0.3, 0.4) is 0 Å². The number of anilines is 1. The summed E-state index contributed by atoms with van der Waals surface area (Å²) in [6, 6.07) is 1.97. The normalized spacial score (nSPS) is 11.2. The fourth-order valence-electron chi connectivity index (χ4n) is 2.07. The van der Waals surface area contributed by atoms with Gasteiger partial charge in [0, 0.05) is 12.7 Å². The predicted octanol–water partition coefficient (Wildman–Crippen LogP) is 2.90. The van der Waals surface area contributed by atoms with Crippen LogP contribution >= 0.6 is 0 Å². The highest BCUT2D eigenvalue weighted by Gasteiger charge is 2.10. The molecule has 0 aliphatic heterocycles. The standard InChI is InChI=1S/C13H20N4/c1-3-4-5-6-9-17-12-11(16-13(17)14)10(2)7-8-15-12/h7-8H,3-6,9H2,1-2H3,(H2,14,16). The van der Waals surface area contributed by atoms with E-state index in [1.165, 1.54) is 19.3 Å². The van der Waals surface area contributed by atoms with Gasteiger partial charge in [0.2, 0.25) is 5.95 Å². The van der Waals surface area contributed by atoms with Crippen LogP contribution in [0, 0.1) is 6.92 Å². The number of unbranched alkanes of at least 4 members (excludes halogenated alkanes) is 3. The minimum Gasteiger partial charge on any atom is -0.369 e. The second-order valence-corrected chi connectivity index (χ2v) is 4.48. The second kappa shape index (κ2) is 5.17. The molecule has 0 aliphatic rings. The van der Waals surface area contributed by atoms with Crippen LogP contribution in [0.15, 0.2) is 12.3 Å². The number of pyridine rings is 1. The van der Waals surface area contributed by atoms with Crippen molar-refractivity contribution >= 4 is 17.1 Å². The molecule has 0 saturated heterocycles. The summed E-state index contributed by atoms with van der Waals surface area (Å²) in [6.07, 6.45) is 6.72. The highest BCUT2D eigenvalue weighted by molar-refractivity contribution is 5.77. The SMILES string of the molecule is CCCCCCn1c(N)nc2c(C)ccnc21. The van der Waals surface area contributed by atoms with Crippen LogP contribution in [0.5, 0.6) is 0 Å². The zero-order valence-electron chi connectivity index (χ0n) is 10.6. The van der Waals surface area contributed by atoms with Crippen LogP contribution in [0.2, 0.25) is 0 Å². The van der Waals surface area contributed by atoms with Gasteiger partial charge in [0.15, 0.2) is 5.65 Å². The van der Waals surface area contributed by atoms with E-state index in [2.05, 4.69) is 16.9 Å². The molecule has 4 nitrogen and oxygen atoms in total. The summed E-state index contributed by atoms with van der Waals surface area (Å²) >= 11 is 0. The molecule has 0 spiro atoms. The minimum absolute atomic E-state index is 0.582. The lowest BCUT2D eigenvalue weighted by Crippen LogP contribution is -2.04. The lowest BCUT2D eigenvalue weighted by molar-refractivity contribution is 0.593. The number of fused-ring (bicyclic) bond motifs is 1. The zero-order valence-corrected chi connectivity index (χ0v) is 10.6. The summed E-state index contributed by atoms with van der Waals surface area (Å²) in [6.45, 7) is 5.17. The van der Waals surface area contributed by atoms with Gasteiger partial charge in [-0.15, -0.1) is 0 Å². The van der Waals surface area contributed by atoms with Crippen LogP contribution in [-0.4, -0.2) is 14.5 Å². The van der Waals surface area contributed by atoms with Crippen LogP contribution < -0.4 is 5.73 Å². The van der Waals surface area contributed by atoms with E-state index in [-0.39, 0.29) is 0 Å². The number of nitrogen functional groups attached to an aromatic ring is 1. The number of aromatic nitrogens is 3. The highest BCUT2D eigenvalue weighted by Crippen LogP contribution is 2.19. The van der Waals surface area contributed by atoms with Gasteiger partial charge in [0.05, 0.1) is 0 Å². The van der Waals surface area contributed by atoms with Crippen molar-refractivity contribution in [3.63, 3.8) is 0 Å². The smallest absolute Gasteiger partial charge is 0.202 e. The van der Waals surface area contributed by atoms with Gasteiger partial charge in [0.25, 0.3) is 0 Å². The first-order valence-electron chi connectivity index (χ1n) is 6.31. The average molecular weight is 232 g/mol. The maximum absolute atomic E-state index is 5.95. The molecule has 2 aromatic heterocycles. The first kappa shape index (κ1) is 11.9. The molecule has 0 bridgehead atoms. The van der Waals surface area contributed by atoms with Crippen molar-refractivity contribution in [1.29, 1.82) is 0 Å². The number of nitrogens with two attached hydrogens (primary N) is 1. The zero-order chi connectivity index (χ0) is 12.3. The number of imidazole rings is 1. The molecule has 4 heteroatoms. The van der Waals surface area contributed by atoms with Gasteiger partial charge in [-0.3, -0.25) is 4.57 Å². The quantitative estimate of drug-likeness (QED) is 0.806. The molecule has 0 aromatic carbocycles. The Bertz CT molecular complexity index is 501. The fourth-order valence-corrected chi connectivity index (χ4v) is 2.07. The Morgan fingerprint density at radius 3 is 2.88 bits per heavy atom. The Balaban J connectivity index is 2.21. The summed E-state index contributed by atoms with van der Waals surface area (Å²) in [4.78, 5) is 8.77. The summed E-state index contributed by atoms with van der Waals surface area (Å²) < 4.78 is 2.03. The van der Waals surface area contributed by atoms with Crippen LogP contribution in [0.25, 0.3) is 11.2 Å². The number of hydrogen-bond acceptors (Lipinski definition) is 3. The molecule has 92 valence electrons. The van der Waals surface area contributed by atoms with Gasteiger partial charge < -0.3 is 5.73 Å². The molecule has 0 aliphatic carbocycles. The largest absolute Gasteiger partial charge is 0.369 e. The maximum Gasteiger partial charge on any atom is 0.202 e. The first-order valence-corrected chi connectivity index (χ1v) is 6.31. The monoisotopic (exact) mass is 232 g/mol. The van der Waals surface area contributed by atoms with Gasteiger partial charge in [-0.05, 0) is 25.0 Å². The summed E-state index contributed by atoms with van der Waals surface area (Å²) in [5, 5.41) is 0. The topological polar surface area (TPSA) is 56.7 Å². The molecule has 0 fully saturated rings. The lowest BCUT2D eigenvalue weighted by atomic mass is 10.2. The third-order valence-electron chi connectivity index (χ3n) is 3.10. The van der Waals surface area contributed by atoms with E-state index in [0.29, 0.717) is 5.95 Å². The third kappa shape index (κ3) is 2.40. The Hall–Kier alpha value is -1.58. The van der Waals surface area contributed by atoms with Crippen molar-refractivity contribution in [2.45, 2.75) is 46.1 Å². The van der Waals surface area contributed by atoms with E-state index >= 15 is 0 Å². The molecule has 17 heavy (non-hydrogen) atoms. The molecule has 0 unspecified atom stereocenters. The van der Waals surface area contributed by atoms with Crippen molar-refractivity contribution < 1.29 is 0 Å². The van der Waals surface area contributed by atoms with Gasteiger partial charge in [0.1, 0.15) is 5.52 Å². The van der Waals surface area contributed by atoms with Crippen LogP contribution in [-0.2, 0) is 6.54 Å². The molecular weight excluding hydrogens is 212 g/mol. The number of nitrogens with zero attached hydrogens (tertiary/aromatic N) is 3. The number of hydrogen-bond donors (Lipinski definition) is 1. The van der Waals surface area contributed by atoms with Crippen LogP contribution in [0.4, 0.5) is 5.95 Å². The third-order valence-corrected chi connectivity index (χ3v) is 3.10. The second-order valence-electron chi connectivity index (χ2n) is 4.48. The van der Waals surface area contributed by atoms with Crippen molar-refractivity contribution in [2.24, 2.45) is 0 Å². The van der Waals surface area contributed by atoms with E-state index in [9.17, 15) is 0 Å². The van der Waals surface area contributed by atoms with E-state index in [0.717, 1.165) is 29.7 Å². The van der Waals surface area contributed by atoms with Crippen molar-refractivity contribution in [2.75, 3.05) is 5.73 Å². The average Bonchev–Trinajstić information content (AvgIpc) is 2.63. The summed E-state index contributed by atoms with van der Waals surface area (Å²) in [5.74, 6) is 0.582. The maximum atomic E-state index is 5.95. The lowest BCUT2D eigenvalue weighted by Gasteiger charge is -2.05. The molecule has 2 aromatic rings. The minimum atomic E-state index is 0.582. The van der Waals surface area contributed by atoms with Gasteiger partial charge in [-0.25, -0.2) is 9.97 Å². The Morgan fingerprint density at radius 2 is 2.12 bits per heavy atom.